The average molecular weight is 562 g/mol. The van der Waals surface area contributed by atoms with Gasteiger partial charge in [0.05, 0.1) is 0 Å². The highest BCUT2D eigenvalue weighted by Gasteiger charge is 2.18. The van der Waals surface area contributed by atoms with Crippen molar-refractivity contribution in [2.24, 2.45) is 0 Å². The molecule has 0 spiro atoms. The normalized spacial score (nSPS) is 13.3. The SMILES string of the molecule is CC[n+]1c(/C=C/C(C=O)=C2C=C(c3ccccc3)OC(c3ccccc3)=C2)sc2ccccc21.[O-][Cl+3]([O-])([O-])[O-]. The molecule has 39 heavy (non-hydrogen) atoms. The number of ether oxygens (including phenoxy) is 1. The molecule has 1 aliphatic heterocycles. The molecule has 4 aromatic rings. The van der Waals surface area contributed by atoms with E-state index in [1.165, 1.54) is 10.2 Å². The van der Waals surface area contributed by atoms with Gasteiger partial charge < -0.3 is 4.74 Å². The van der Waals surface area contributed by atoms with Gasteiger partial charge in [0.1, 0.15) is 22.8 Å². The lowest BCUT2D eigenvalue weighted by molar-refractivity contribution is -2.00. The Morgan fingerprint density at radius 3 is 1.87 bits per heavy atom. The minimum absolute atomic E-state index is 0.602. The van der Waals surface area contributed by atoms with Crippen molar-refractivity contribution in [3.63, 3.8) is 0 Å². The number of carbonyl (C=O) groups is 1. The number of benzene rings is 3. The smallest absolute Gasteiger partial charge is 0.262 e. The highest BCUT2D eigenvalue weighted by Crippen LogP contribution is 2.33. The summed E-state index contributed by atoms with van der Waals surface area (Å²) in [7, 11) is -4.94. The number of para-hydroxylation sites is 1. The van der Waals surface area contributed by atoms with E-state index in [2.05, 4.69) is 35.8 Å². The molecule has 7 nitrogen and oxygen atoms in total. The summed E-state index contributed by atoms with van der Waals surface area (Å²) in [5.41, 5.74) is 4.55. The molecule has 0 unspecified atom stereocenters. The van der Waals surface area contributed by atoms with Crippen LogP contribution in [0.1, 0.15) is 23.1 Å². The summed E-state index contributed by atoms with van der Waals surface area (Å²) in [5, 5.41) is 1.11. The molecule has 0 N–H and O–H groups in total. The molecule has 0 saturated heterocycles. The number of hydrogen-bond acceptors (Lipinski definition) is 7. The Hall–Kier alpha value is -3.89. The quantitative estimate of drug-likeness (QED) is 0.202. The van der Waals surface area contributed by atoms with E-state index in [4.69, 9.17) is 23.4 Å². The maximum absolute atomic E-state index is 12.2. The summed E-state index contributed by atoms with van der Waals surface area (Å²) in [6.45, 7) is 3.00. The third kappa shape index (κ3) is 7.58. The number of fused-ring (bicyclic) bond motifs is 1. The molecule has 0 aliphatic carbocycles. The lowest BCUT2D eigenvalue weighted by Crippen LogP contribution is -2.68. The lowest BCUT2D eigenvalue weighted by atomic mass is 10.0. The summed E-state index contributed by atoms with van der Waals surface area (Å²) in [4.78, 5) is 12.2. The van der Waals surface area contributed by atoms with Crippen LogP contribution in [-0.4, -0.2) is 6.29 Å². The number of halogens is 1. The van der Waals surface area contributed by atoms with E-state index in [0.717, 1.165) is 46.1 Å². The number of carbonyl (C=O) groups excluding carboxylic acids is 1. The van der Waals surface area contributed by atoms with Gasteiger partial charge in [0.25, 0.3) is 5.01 Å². The first-order valence-corrected chi connectivity index (χ1v) is 13.9. The molecule has 1 aromatic heterocycles. The molecule has 0 fully saturated rings. The number of aldehydes is 1. The Labute approximate surface area is 231 Å². The van der Waals surface area contributed by atoms with Gasteiger partial charge in [-0.3, -0.25) is 4.79 Å². The van der Waals surface area contributed by atoms with Gasteiger partial charge in [-0.2, -0.15) is 4.57 Å². The molecule has 0 bridgehead atoms. The fourth-order valence-corrected chi connectivity index (χ4v) is 5.15. The topological polar surface area (TPSA) is 122 Å². The van der Waals surface area contributed by atoms with Crippen LogP contribution in [0.4, 0.5) is 0 Å². The lowest BCUT2D eigenvalue weighted by Gasteiger charge is -2.19. The van der Waals surface area contributed by atoms with Crippen molar-refractivity contribution in [3.8, 4) is 0 Å². The van der Waals surface area contributed by atoms with Crippen molar-refractivity contribution in [3.05, 3.63) is 130 Å². The Morgan fingerprint density at radius 2 is 1.36 bits per heavy atom. The zero-order chi connectivity index (χ0) is 27.8. The largest absolute Gasteiger partial charge is 0.456 e. The number of nitrogens with zero attached hydrogens (tertiary/aromatic N) is 1. The number of allylic oxidation sites excluding steroid dienone is 5. The number of aryl methyl sites for hydroxylation is 1. The maximum atomic E-state index is 12.2. The van der Waals surface area contributed by atoms with E-state index in [1.54, 1.807) is 11.3 Å². The van der Waals surface area contributed by atoms with Gasteiger partial charge in [0.2, 0.25) is 5.52 Å². The van der Waals surface area contributed by atoms with E-state index in [9.17, 15) is 4.79 Å². The second-order valence-corrected chi connectivity index (χ2v) is 10.1. The molecule has 9 heteroatoms. The Balaban J connectivity index is 0.000000648. The minimum Gasteiger partial charge on any atom is -0.456 e. The summed E-state index contributed by atoms with van der Waals surface area (Å²) >= 11 is 1.72. The second kappa shape index (κ2) is 12.8. The fraction of sp³-hybridized carbons (Fsp3) is 0.0667. The van der Waals surface area contributed by atoms with Crippen LogP contribution in [0, 0.1) is 10.2 Å². The Morgan fingerprint density at radius 1 is 0.846 bits per heavy atom. The van der Waals surface area contributed by atoms with Gasteiger partial charge in [0.15, 0.2) is 6.29 Å². The van der Waals surface area contributed by atoms with Crippen LogP contribution >= 0.6 is 11.3 Å². The van der Waals surface area contributed by atoms with Crippen molar-refractivity contribution in [2.45, 2.75) is 13.5 Å². The zero-order valence-corrected chi connectivity index (χ0v) is 22.4. The highest BCUT2D eigenvalue weighted by atomic mass is 35.7. The van der Waals surface area contributed by atoms with Crippen molar-refractivity contribution >= 4 is 45.4 Å². The molecule has 5 rings (SSSR count). The molecule has 3 aromatic carbocycles. The molecule has 0 atom stereocenters. The summed E-state index contributed by atoms with van der Waals surface area (Å²) in [5.74, 6) is 1.44. The van der Waals surface area contributed by atoms with E-state index < -0.39 is 10.2 Å². The second-order valence-electron chi connectivity index (χ2n) is 8.24. The van der Waals surface area contributed by atoms with Crippen LogP contribution < -0.4 is 23.2 Å². The third-order valence-corrected chi connectivity index (χ3v) is 6.86. The van der Waals surface area contributed by atoms with Gasteiger partial charge in [-0.15, -0.1) is 10.2 Å². The van der Waals surface area contributed by atoms with Crippen LogP contribution in [-0.2, 0) is 16.1 Å². The molecule has 2 heterocycles. The van der Waals surface area contributed by atoms with Crippen molar-refractivity contribution in [2.75, 3.05) is 0 Å². The first-order valence-electron chi connectivity index (χ1n) is 11.9. The van der Waals surface area contributed by atoms with Gasteiger partial charge in [-0.1, -0.05) is 84.1 Å². The van der Waals surface area contributed by atoms with Gasteiger partial charge >= 0.3 is 0 Å². The molecule has 0 radical (unpaired) electrons. The first kappa shape index (κ1) is 28.1. The van der Waals surface area contributed by atoms with Crippen LogP contribution in [0.5, 0.6) is 0 Å². The molecular weight excluding hydrogens is 538 g/mol. The summed E-state index contributed by atoms with van der Waals surface area (Å²) in [6.07, 6.45) is 8.73. The van der Waals surface area contributed by atoms with Crippen LogP contribution in [0.2, 0.25) is 0 Å². The van der Waals surface area contributed by atoms with Crippen molar-refractivity contribution in [1.29, 1.82) is 0 Å². The number of rotatable bonds is 6. The number of thiazole rings is 1. The van der Waals surface area contributed by atoms with Crippen molar-refractivity contribution in [1.82, 2.24) is 0 Å². The fourth-order valence-electron chi connectivity index (χ4n) is 4.03. The monoisotopic (exact) mass is 561 g/mol. The third-order valence-electron chi connectivity index (χ3n) is 5.73. The molecule has 0 amide bonds. The van der Waals surface area contributed by atoms with Gasteiger partial charge in [-0.25, -0.2) is 18.6 Å². The predicted molar refractivity (Wildman–Crippen MR) is 140 cm³/mol. The number of hydrogen-bond donors (Lipinski definition) is 0. The maximum Gasteiger partial charge on any atom is 0.262 e. The Bertz CT molecular complexity index is 1500. The first-order chi connectivity index (χ1) is 18.8. The van der Waals surface area contributed by atoms with Crippen LogP contribution in [0.25, 0.3) is 27.8 Å². The average Bonchev–Trinajstić information content (AvgIpc) is 3.31. The molecule has 1 aliphatic rings. The summed E-state index contributed by atoms with van der Waals surface area (Å²) in [6, 6.07) is 28.3. The van der Waals surface area contributed by atoms with E-state index in [0.29, 0.717) is 5.57 Å². The minimum atomic E-state index is -4.94. The van der Waals surface area contributed by atoms with E-state index >= 15 is 0 Å². The van der Waals surface area contributed by atoms with Crippen LogP contribution in [0.15, 0.2) is 114 Å². The Kier molecular flexibility index (Phi) is 9.21. The van der Waals surface area contributed by atoms with Gasteiger partial charge in [-0.05, 0) is 36.8 Å². The molecule has 0 saturated carbocycles. The molecule has 198 valence electrons. The molecular formula is C30H24ClNO6S. The number of aromatic nitrogens is 1. The standard InChI is InChI=1S/C30H24NO2S.ClHO4/c1-2-31-26-15-9-10-16-29(26)34-30(31)18-17-24(21-32)25-19-27(22-11-5-3-6-12-22)33-28(20-25)23-13-7-4-8-14-23;2-1(3,4)5/h3-21H,2H2,1H3;(H,2,3,4,5)/q+1;/p-1/b18-17+;. The van der Waals surface area contributed by atoms with E-state index in [-0.39, 0.29) is 0 Å². The highest BCUT2D eigenvalue weighted by molar-refractivity contribution is 7.18. The summed E-state index contributed by atoms with van der Waals surface area (Å²) < 4.78 is 43.7. The van der Waals surface area contributed by atoms with Crippen molar-refractivity contribution < 1.29 is 43.0 Å². The van der Waals surface area contributed by atoms with Gasteiger partial charge in [0, 0.05) is 28.8 Å². The predicted octanol–water partition coefficient (Wildman–Crippen LogP) is 2.07. The zero-order valence-electron chi connectivity index (χ0n) is 20.9. The van der Waals surface area contributed by atoms with Crippen LogP contribution in [0.3, 0.4) is 0 Å². The van der Waals surface area contributed by atoms with E-state index in [1.807, 2.05) is 85.0 Å².